The van der Waals surface area contributed by atoms with Gasteiger partial charge in [0.2, 0.25) is 11.9 Å². The molecule has 1 aliphatic carbocycles. The summed E-state index contributed by atoms with van der Waals surface area (Å²) in [5.74, 6) is -1.24. The molecule has 1 fully saturated rings. The van der Waals surface area contributed by atoms with E-state index in [1.54, 1.807) is 16.8 Å². The summed E-state index contributed by atoms with van der Waals surface area (Å²) in [5.41, 5.74) is 13.3. The summed E-state index contributed by atoms with van der Waals surface area (Å²) < 4.78 is 12.9. The zero-order valence-electron chi connectivity index (χ0n) is 17.9. The van der Waals surface area contributed by atoms with Crippen LogP contribution in [0.25, 0.3) is 5.70 Å². The number of pyridine rings is 1. The molecule has 32 heavy (non-hydrogen) atoms. The number of aldehydes is 1. The van der Waals surface area contributed by atoms with Crippen molar-refractivity contribution in [2.24, 2.45) is 11.5 Å². The highest BCUT2D eigenvalue weighted by molar-refractivity contribution is 5.99. The Morgan fingerprint density at radius 1 is 1.31 bits per heavy atom. The minimum atomic E-state index is -0.616. The van der Waals surface area contributed by atoms with E-state index in [0.717, 1.165) is 12.8 Å². The molecule has 3 rings (SSSR count). The van der Waals surface area contributed by atoms with Crippen LogP contribution in [0, 0.1) is 5.95 Å². The second-order valence-corrected chi connectivity index (χ2v) is 7.83. The first-order chi connectivity index (χ1) is 15.3. The van der Waals surface area contributed by atoms with Gasteiger partial charge in [-0.2, -0.15) is 4.39 Å². The molecule has 0 unspecified atom stereocenters. The van der Waals surface area contributed by atoms with E-state index in [9.17, 15) is 18.8 Å². The lowest BCUT2D eigenvalue weighted by Gasteiger charge is -2.33. The van der Waals surface area contributed by atoms with Crippen molar-refractivity contribution in [3.63, 3.8) is 0 Å². The van der Waals surface area contributed by atoms with Gasteiger partial charge in [-0.3, -0.25) is 14.4 Å². The van der Waals surface area contributed by atoms with Crippen molar-refractivity contribution in [3.8, 4) is 0 Å². The molecule has 10 heteroatoms. The lowest BCUT2D eigenvalue weighted by atomic mass is 10.0. The van der Waals surface area contributed by atoms with Gasteiger partial charge in [-0.1, -0.05) is 0 Å². The summed E-state index contributed by atoms with van der Waals surface area (Å²) in [6.07, 6.45) is 7.92. The highest BCUT2D eigenvalue weighted by Crippen LogP contribution is 2.29. The van der Waals surface area contributed by atoms with E-state index in [1.165, 1.54) is 30.5 Å². The third kappa shape index (κ3) is 5.71. The number of carbonyl (C=O) groups is 3. The standard InChI is InChI=1S/C22H27FN6O3/c1-28(16-5-6-16)22(32)21-15(13-30)3-2-10-29(21)12-20(31)27-19(25)9-7-17(24)14-4-8-18(23)26-11-14/h4,7-9,11,13,16H,2-3,5-6,10,12,24-25H2,1H3,(H,27,31)/b17-7-,19-9+. The number of likely N-dealkylation sites (N-methyl/N-ethyl adjacent to an activating group) is 1. The van der Waals surface area contributed by atoms with E-state index >= 15 is 0 Å². The Morgan fingerprint density at radius 3 is 2.69 bits per heavy atom. The maximum Gasteiger partial charge on any atom is 0.270 e. The van der Waals surface area contributed by atoms with E-state index in [1.807, 2.05) is 0 Å². The van der Waals surface area contributed by atoms with E-state index in [4.69, 9.17) is 11.5 Å². The van der Waals surface area contributed by atoms with Crippen molar-refractivity contribution < 1.29 is 18.8 Å². The normalized spacial score (nSPS) is 17.2. The molecule has 170 valence electrons. The molecule has 2 aliphatic rings. The fourth-order valence-electron chi connectivity index (χ4n) is 3.47. The van der Waals surface area contributed by atoms with Gasteiger partial charge < -0.3 is 26.6 Å². The molecule has 1 saturated carbocycles. The van der Waals surface area contributed by atoms with Crippen molar-refractivity contribution >= 4 is 23.8 Å². The number of amides is 2. The number of hydrogen-bond donors (Lipinski definition) is 3. The molecule has 5 N–H and O–H groups in total. The van der Waals surface area contributed by atoms with Crippen LogP contribution in [0.5, 0.6) is 0 Å². The van der Waals surface area contributed by atoms with E-state index in [2.05, 4.69) is 10.3 Å². The van der Waals surface area contributed by atoms with Crippen molar-refractivity contribution in [3.05, 3.63) is 59.1 Å². The van der Waals surface area contributed by atoms with Crippen molar-refractivity contribution in [1.29, 1.82) is 0 Å². The molecule has 0 bridgehead atoms. The highest BCUT2D eigenvalue weighted by atomic mass is 19.1. The molecule has 0 saturated heterocycles. The van der Waals surface area contributed by atoms with E-state index in [-0.39, 0.29) is 30.0 Å². The molecule has 0 radical (unpaired) electrons. The highest BCUT2D eigenvalue weighted by Gasteiger charge is 2.35. The van der Waals surface area contributed by atoms with Gasteiger partial charge in [0.1, 0.15) is 17.8 Å². The number of nitrogens with one attached hydrogen (secondary N) is 1. The van der Waals surface area contributed by atoms with Gasteiger partial charge in [-0.05, 0) is 50.0 Å². The predicted molar refractivity (Wildman–Crippen MR) is 116 cm³/mol. The van der Waals surface area contributed by atoms with Gasteiger partial charge in [0, 0.05) is 42.7 Å². The van der Waals surface area contributed by atoms with Gasteiger partial charge in [0.05, 0.1) is 6.54 Å². The fraction of sp³-hybridized carbons (Fsp3) is 0.364. The molecule has 0 aromatic carbocycles. The topological polar surface area (TPSA) is 135 Å². The molecule has 2 heterocycles. The Kier molecular flexibility index (Phi) is 7.24. The fourth-order valence-corrected chi connectivity index (χ4v) is 3.47. The Morgan fingerprint density at radius 2 is 2.06 bits per heavy atom. The number of rotatable bonds is 8. The SMILES string of the molecule is CN(C(=O)C1=C(C=O)CCCN1CC(=O)N/C(N)=C/C=C(\N)c1ccc(F)nc1)C1CC1. The van der Waals surface area contributed by atoms with Crippen LogP contribution in [0.2, 0.25) is 0 Å². The second kappa shape index (κ2) is 10.1. The zero-order chi connectivity index (χ0) is 23.3. The molecule has 1 aliphatic heterocycles. The third-order valence-electron chi connectivity index (χ3n) is 5.38. The lowest BCUT2D eigenvalue weighted by molar-refractivity contribution is -0.129. The molecule has 9 nitrogen and oxygen atoms in total. The lowest BCUT2D eigenvalue weighted by Crippen LogP contribution is -2.45. The van der Waals surface area contributed by atoms with Crippen LogP contribution in [0.1, 0.15) is 31.2 Å². The molecule has 0 spiro atoms. The van der Waals surface area contributed by atoms with Crippen LogP contribution in [-0.2, 0) is 14.4 Å². The summed E-state index contributed by atoms with van der Waals surface area (Å²) in [6.45, 7) is 0.366. The maximum atomic E-state index is 12.9. The molecular formula is C22H27FN6O3. The number of nitrogens with two attached hydrogens (primary N) is 2. The van der Waals surface area contributed by atoms with Crippen molar-refractivity contribution in [1.82, 2.24) is 20.1 Å². The first-order valence-electron chi connectivity index (χ1n) is 10.3. The summed E-state index contributed by atoms with van der Waals surface area (Å²) in [7, 11) is 1.72. The number of hydrogen-bond acceptors (Lipinski definition) is 7. The van der Waals surface area contributed by atoms with Gasteiger partial charge in [0.25, 0.3) is 5.91 Å². The Bertz CT molecular complexity index is 982. The molecule has 2 amide bonds. The first-order valence-corrected chi connectivity index (χ1v) is 10.3. The van der Waals surface area contributed by atoms with Gasteiger partial charge in [-0.25, -0.2) is 4.98 Å². The van der Waals surface area contributed by atoms with E-state index < -0.39 is 11.9 Å². The molecule has 1 aromatic rings. The van der Waals surface area contributed by atoms with Crippen molar-refractivity contribution in [2.45, 2.75) is 31.7 Å². The predicted octanol–water partition coefficient (Wildman–Crippen LogP) is 0.606. The van der Waals surface area contributed by atoms with E-state index in [0.29, 0.717) is 42.5 Å². The minimum absolute atomic E-state index is 0.0487. The largest absolute Gasteiger partial charge is 0.398 e. The maximum absolute atomic E-state index is 12.9. The van der Waals surface area contributed by atoms with Gasteiger partial charge in [0.15, 0.2) is 0 Å². The average molecular weight is 442 g/mol. The number of halogens is 1. The van der Waals surface area contributed by atoms with Crippen LogP contribution in [-0.4, -0.2) is 59.1 Å². The van der Waals surface area contributed by atoms with Crippen LogP contribution in [0.15, 0.2) is 47.6 Å². The molecule has 1 aromatic heterocycles. The number of carbonyl (C=O) groups excluding carboxylic acids is 3. The van der Waals surface area contributed by atoms with Gasteiger partial charge in [-0.15, -0.1) is 0 Å². The summed E-state index contributed by atoms with van der Waals surface area (Å²) in [4.78, 5) is 43.8. The first kappa shape index (κ1) is 23.0. The Balaban J connectivity index is 1.66. The van der Waals surface area contributed by atoms with Crippen LogP contribution in [0.4, 0.5) is 4.39 Å². The monoisotopic (exact) mass is 442 g/mol. The number of nitrogens with zero attached hydrogens (tertiary/aromatic N) is 3. The second-order valence-electron chi connectivity index (χ2n) is 7.83. The zero-order valence-corrected chi connectivity index (χ0v) is 17.9. The summed E-state index contributed by atoms with van der Waals surface area (Å²) in [5, 5.41) is 2.55. The third-order valence-corrected chi connectivity index (χ3v) is 5.38. The minimum Gasteiger partial charge on any atom is -0.398 e. The average Bonchev–Trinajstić information content (AvgIpc) is 3.62. The van der Waals surface area contributed by atoms with Crippen molar-refractivity contribution in [2.75, 3.05) is 20.1 Å². The quantitative estimate of drug-likeness (QED) is 0.305. The Hall–Kier alpha value is -3.69. The molecule has 0 atom stereocenters. The number of allylic oxidation sites excluding steroid dienone is 3. The van der Waals surface area contributed by atoms with Crippen LogP contribution in [0.3, 0.4) is 0 Å². The number of aromatic nitrogens is 1. The Labute approximate surface area is 185 Å². The molecular weight excluding hydrogens is 415 g/mol. The van der Waals surface area contributed by atoms with Gasteiger partial charge >= 0.3 is 0 Å². The van der Waals surface area contributed by atoms with Crippen LogP contribution >= 0.6 is 0 Å². The summed E-state index contributed by atoms with van der Waals surface area (Å²) >= 11 is 0. The summed E-state index contributed by atoms with van der Waals surface area (Å²) in [6, 6.07) is 2.85. The smallest absolute Gasteiger partial charge is 0.270 e. The van der Waals surface area contributed by atoms with Crippen LogP contribution < -0.4 is 16.8 Å².